The van der Waals surface area contributed by atoms with E-state index in [2.05, 4.69) is 19.7 Å². The summed E-state index contributed by atoms with van der Waals surface area (Å²) in [6, 6.07) is 0. The van der Waals surface area contributed by atoms with Gasteiger partial charge < -0.3 is 9.84 Å². The van der Waals surface area contributed by atoms with Crippen LogP contribution in [0.25, 0.3) is 0 Å². The third-order valence-electron chi connectivity index (χ3n) is 2.69. The Bertz CT molecular complexity index is 506. The second-order valence-corrected chi connectivity index (χ2v) is 4.69. The fraction of sp³-hybridized carbons (Fsp3) is 0.267. The van der Waals surface area contributed by atoms with Crippen LogP contribution in [0.5, 0.6) is 0 Å². The van der Waals surface area contributed by atoms with E-state index in [1.165, 1.54) is 6.08 Å². The van der Waals surface area contributed by atoms with Crippen molar-refractivity contribution in [3.63, 3.8) is 0 Å². The van der Waals surface area contributed by atoms with Crippen LogP contribution in [0.3, 0.4) is 0 Å². The SMILES string of the molecule is C=C(C)/C=C1\C(=C)C(C)(/C=C(/O)C(=C)C)OC1=O. The van der Waals surface area contributed by atoms with Gasteiger partial charge in [-0.1, -0.05) is 25.3 Å². The van der Waals surface area contributed by atoms with Crippen LogP contribution in [0.4, 0.5) is 0 Å². The number of esters is 1. The average Bonchev–Trinajstić information content (AvgIpc) is 2.41. The van der Waals surface area contributed by atoms with E-state index in [0.717, 1.165) is 5.57 Å². The average molecular weight is 246 g/mol. The van der Waals surface area contributed by atoms with Crippen LogP contribution in [-0.2, 0) is 9.53 Å². The van der Waals surface area contributed by atoms with Gasteiger partial charge in [0.15, 0.2) is 5.60 Å². The summed E-state index contributed by atoms with van der Waals surface area (Å²) in [4.78, 5) is 11.8. The lowest BCUT2D eigenvalue weighted by atomic mass is 9.92. The minimum atomic E-state index is -1.04. The summed E-state index contributed by atoms with van der Waals surface area (Å²) < 4.78 is 5.27. The predicted molar refractivity (Wildman–Crippen MR) is 72.1 cm³/mol. The standard InChI is InChI=1S/C15H18O3/c1-9(2)7-12-11(5)15(6,18-14(12)17)8-13(16)10(3)4/h7-8,16H,1,3,5H2,2,4,6H3/b12-7+,13-8+. The molecule has 3 heteroatoms. The monoisotopic (exact) mass is 246 g/mol. The molecule has 0 aliphatic carbocycles. The lowest BCUT2D eigenvalue weighted by Crippen LogP contribution is -2.23. The van der Waals surface area contributed by atoms with Crippen molar-refractivity contribution in [3.05, 3.63) is 59.9 Å². The Kier molecular flexibility index (Phi) is 3.65. The zero-order valence-electron chi connectivity index (χ0n) is 11.0. The summed E-state index contributed by atoms with van der Waals surface area (Å²) in [6.45, 7) is 16.3. The van der Waals surface area contributed by atoms with Crippen LogP contribution in [0, 0.1) is 0 Å². The predicted octanol–water partition coefficient (Wildman–Crippen LogP) is 3.38. The molecule has 1 fully saturated rings. The van der Waals surface area contributed by atoms with Gasteiger partial charge in [0.2, 0.25) is 0 Å². The van der Waals surface area contributed by atoms with E-state index in [-0.39, 0.29) is 5.76 Å². The number of aliphatic hydroxyl groups excluding tert-OH is 1. The maximum atomic E-state index is 11.8. The largest absolute Gasteiger partial charge is 0.508 e. The molecule has 1 unspecified atom stereocenters. The molecule has 1 N–H and O–H groups in total. The van der Waals surface area contributed by atoms with Crippen molar-refractivity contribution < 1.29 is 14.6 Å². The number of rotatable bonds is 3. The minimum absolute atomic E-state index is 0.0111. The highest BCUT2D eigenvalue weighted by molar-refractivity contribution is 5.98. The lowest BCUT2D eigenvalue weighted by Gasteiger charge is -2.19. The fourth-order valence-electron chi connectivity index (χ4n) is 1.59. The third-order valence-corrected chi connectivity index (χ3v) is 2.69. The van der Waals surface area contributed by atoms with E-state index >= 15 is 0 Å². The molecule has 3 nitrogen and oxygen atoms in total. The van der Waals surface area contributed by atoms with Gasteiger partial charge in [0, 0.05) is 11.6 Å². The van der Waals surface area contributed by atoms with Gasteiger partial charge in [-0.15, -0.1) is 0 Å². The van der Waals surface area contributed by atoms with Crippen molar-refractivity contribution in [1.29, 1.82) is 0 Å². The molecule has 1 heterocycles. The molecule has 96 valence electrons. The van der Waals surface area contributed by atoms with Crippen LogP contribution in [-0.4, -0.2) is 16.7 Å². The molecule has 18 heavy (non-hydrogen) atoms. The van der Waals surface area contributed by atoms with E-state index in [4.69, 9.17) is 4.74 Å². The Morgan fingerprint density at radius 2 is 1.94 bits per heavy atom. The summed E-state index contributed by atoms with van der Waals surface area (Å²) in [5.74, 6) is -0.473. The topological polar surface area (TPSA) is 46.5 Å². The first-order valence-electron chi connectivity index (χ1n) is 5.55. The van der Waals surface area contributed by atoms with Crippen LogP contribution in [0.2, 0.25) is 0 Å². The molecule has 0 aromatic rings. The number of hydrogen-bond acceptors (Lipinski definition) is 3. The first kappa shape index (κ1) is 14.0. The fourth-order valence-corrected chi connectivity index (χ4v) is 1.59. The van der Waals surface area contributed by atoms with E-state index in [0.29, 0.717) is 16.7 Å². The van der Waals surface area contributed by atoms with E-state index < -0.39 is 11.6 Å². The summed E-state index contributed by atoms with van der Waals surface area (Å²) in [5, 5.41) is 9.72. The van der Waals surface area contributed by atoms with Crippen LogP contribution >= 0.6 is 0 Å². The highest BCUT2D eigenvalue weighted by Gasteiger charge is 2.42. The summed E-state index contributed by atoms with van der Waals surface area (Å²) >= 11 is 0. The number of cyclic esters (lactones) is 1. The smallest absolute Gasteiger partial charge is 0.339 e. The molecule has 1 aliphatic heterocycles. The maximum absolute atomic E-state index is 11.8. The van der Waals surface area contributed by atoms with E-state index in [9.17, 15) is 9.90 Å². The quantitative estimate of drug-likeness (QED) is 0.359. The molecule has 0 saturated carbocycles. The van der Waals surface area contributed by atoms with Gasteiger partial charge in [0.05, 0.1) is 5.57 Å². The molecule has 1 aliphatic rings. The molecule has 0 radical (unpaired) electrons. The zero-order chi connectivity index (χ0) is 14.1. The number of hydrogen-bond donors (Lipinski definition) is 1. The Hall–Kier alpha value is -2.03. The van der Waals surface area contributed by atoms with Gasteiger partial charge in [-0.2, -0.15) is 0 Å². The number of carbonyl (C=O) groups excluding carboxylic acids is 1. The minimum Gasteiger partial charge on any atom is -0.508 e. The Morgan fingerprint density at radius 3 is 2.39 bits per heavy atom. The zero-order valence-corrected chi connectivity index (χ0v) is 11.0. The van der Waals surface area contributed by atoms with E-state index in [1.54, 1.807) is 26.8 Å². The molecule has 0 spiro atoms. The van der Waals surface area contributed by atoms with Gasteiger partial charge in [-0.3, -0.25) is 0 Å². The first-order chi connectivity index (χ1) is 8.17. The highest BCUT2D eigenvalue weighted by atomic mass is 16.6. The third kappa shape index (κ3) is 2.62. The van der Waals surface area contributed by atoms with Crippen molar-refractivity contribution in [3.8, 4) is 0 Å². The number of aliphatic hydroxyl groups is 1. The van der Waals surface area contributed by atoms with Crippen LogP contribution < -0.4 is 0 Å². The van der Waals surface area contributed by atoms with Crippen molar-refractivity contribution in [2.45, 2.75) is 26.4 Å². The molecule has 1 rings (SSSR count). The molecular formula is C15H18O3. The van der Waals surface area contributed by atoms with Crippen molar-refractivity contribution in [1.82, 2.24) is 0 Å². The summed E-state index contributed by atoms with van der Waals surface area (Å²) in [7, 11) is 0. The molecule has 0 aromatic carbocycles. The van der Waals surface area contributed by atoms with E-state index in [1.807, 2.05) is 0 Å². The molecule has 0 bridgehead atoms. The lowest BCUT2D eigenvalue weighted by molar-refractivity contribution is -0.141. The van der Waals surface area contributed by atoms with Gasteiger partial charge >= 0.3 is 5.97 Å². The molecule has 0 amide bonds. The Morgan fingerprint density at radius 1 is 1.39 bits per heavy atom. The first-order valence-corrected chi connectivity index (χ1v) is 5.55. The number of carbonyl (C=O) groups is 1. The van der Waals surface area contributed by atoms with Crippen molar-refractivity contribution >= 4 is 5.97 Å². The van der Waals surface area contributed by atoms with Crippen LogP contribution in [0.1, 0.15) is 20.8 Å². The summed E-state index contributed by atoms with van der Waals surface area (Å²) in [6.07, 6.45) is 3.07. The Labute approximate surface area is 107 Å². The molecular weight excluding hydrogens is 228 g/mol. The molecule has 1 atom stereocenters. The summed E-state index contributed by atoms with van der Waals surface area (Å²) in [5.41, 5.74) is 1.08. The van der Waals surface area contributed by atoms with Gasteiger partial charge in [0.25, 0.3) is 0 Å². The van der Waals surface area contributed by atoms with Crippen LogP contribution in [0.15, 0.2) is 59.9 Å². The van der Waals surface area contributed by atoms with Gasteiger partial charge in [0.1, 0.15) is 5.76 Å². The van der Waals surface area contributed by atoms with Gasteiger partial charge in [-0.25, -0.2) is 4.79 Å². The maximum Gasteiger partial charge on any atom is 0.339 e. The highest BCUT2D eigenvalue weighted by Crippen LogP contribution is 2.37. The van der Waals surface area contributed by atoms with Crippen molar-refractivity contribution in [2.75, 3.05) is 0 Å². The second-order valence-electron chi connectivity index (χ2n) is 4.69. The Balaban J connectivity index is 3.20. The van der Waals surface area contributed by atoms with Crippen molar-refractivity contribution in [2.24, 2.45) is 0 Å². The molecule has 1 saturated heterocycles. The normalized spacial score (nSPS) is 26.4. The second kappa shape index (κ2) is 4.69. The molecule has 0 aromatic heterocycles. The number of ether oxygens (including phenoxy) is 1. The van der Waals surface area contributed by atoms with Gasteiger partial charge in [-0.05, 0) is 32.4 Å². The number of allylic oxidation sites excluding steroid dienone is 3.